The van der Waals surface area contributed by atoms with Crippen molar-refractivity contribution in [3.8, 4) is 22.6 Å². The zero-order chi connectivity index (χ0) is 38.4. The van der Waals surface area contributed by atoms with Gasteiger partial charge < -0.3 is 18.5 Å². The van der Waals surface area contributed by atoms with E-state index in [0.29, 0.717) is 28.7 Å². The lowest BCUT2D eigenvalue weighted by molar-refractivity contribution is -0.148. The molecule has 0 saturated carbocycles. The van der Waals surface area contributed by atoms with Crippen molar-refractivity contribution < 1.29 is 46.3 Å². The van der Waals surface area contributed by atoms with Crippen LogP contribution in [0.5, 0.6) is 11.5 Å². The lowest BCUT2D eigenvalue weighted by atomic mass is 9.91. The normalized spacial score (nSPS) is 13.3. The average molecular weight is 763 g/mol. The number of hydrogen-bond acceptors (Lipinski definition) is 10. The summed E-state index contributed by atoms with van der Waals surface area (Å²) in [4.78, 5) is 23.4. The number of ether oxygens (including phenoxy) is 2. The van der Waals surface area contributed by atoms with Crippen molar-refractivity contribution in [1.82, 2.24) is 0 Å². The van der Waals surface area contributed by atoms with Crippen LogP contribution in [0.15, 0.2) is 97.6 Å². The first-order valence-corrected chi connectivity index (χ1v) is 20.9. The molecule has 0 bridgehead atoms. The van der Waals surface area contributed by atoms with Crippen LogP contribution in [0.25, 0.3) is 16.7 Å². The maximum Gasteiger partial charge on any atom is 0.386 e. The van der Waals surface area contributed by atoms with Gasteiger partial charge in [0, 0.05) is 13.8 Å². The maximum absolute atomic E-state index is 14.8. The minimum Gasteiger partial charge on any atom is -0.438 e. The molecule has 53 heavy (non-hydrogen) atoms. The molecule has 0 fully saturated rings. The summed E-state index contributed by atoms with van der Waals surface area (Å²) in [6.45, 7) is 11.3. The van der Waals surface area contributed by atoms with Crippen LogP contribution >= 0.6 is 15.2 Å². The SMILES string of the molecule is C=C(C)c1ccc(C)cc1-c1c(OP(=O)(Cc2ccccc2)OCOC(C)=O)cc(CCCCC)cc1OP(=O)(Cc1ccccc1)OCOC(C)=O. The number of esters is 2. The Morgan fingerprint density at radius 2 is 1.15 bits per heavy atom. The molecule has 0 aliphatic rings. The highest BCUT2D eigenvalue weighted by Gasteiger charge is 2.34. The van der Waals surface area contributed by atoms with Gasteiger partial charge in [0.15, 0.2) is 0 Å². The van der Waals surface area contributed by atoms with Gasteiger partial charge in [-0.1, -0.05) is 116 Å². The number of carbonyl (C=O) groups excluding carboxylic acids is 2. The lowest BCUT2D eigenvalue weighted by Crippen LogP contribution is -2.10. The second-order valence-electron chi connectivity index (χ2n) is 12.7. The molecule has 0 radical (unpaired) electrons. The topological polar surface area (TPSA) is 124 Å². The van der Waals surface area contributed by atoms with Gasteiger partial charge in [0.25, 0.3) is 0 Å². The van der Waals surface area contributed by atoms with E-state index in [4.69, 9.17) is 27.6 Å². The number of carbonyl (C=O) groups is 2. The summed E-state index contributed by atoms with van der Waals surface area (Å²) in [5, 5.41) is 0. The molecule has 0 aliphatic carbocycles. The fraction of sp³-hybridized carbons (Fsp3) is 0.317. The Labute approximate surface area is 312 Å². The highest BCUT2D eigenvalue weighted by molar-refractivity contribution is 7.53. The summed E-state index contributed by atoms with van der Waals surface area (Å²) in [6.07, 6.45) is 3.04. The predicted molar refractivity (Wildman–Crippen MR) is 207 cm³/mol. The van der Waals surface area contributed by atoms with Crippen LogP contribution in [0, 0.1) is 6.92 Å². The van der Waals surface area contributed by atoms with Gasteiger partial charge in [0.05, 0.1) is 17.9 Å². The average Bonchev–Trinajstić information content (AvgIpc) is 3.08. The first kappa shape index (κ1) is 41.3. The van der Waals surface area contributed by atoms with Gasteiger partial charge in [-0.25, -0.2) is 9.13 Å². The van der Waals surface area contributed by atoms with Crippen molar-refractivity contribution in [2.75, 3.05) is 13.6 Å². The van der Waals surface area contributed by atoms with Gasteiger partial charge in [-0.3, -0.25) is 18.6 Å². The first-order valence-electron chi connectivity index (χ1n) is 17.4. The highest BCUT2D eigenvalue weighted by atomic mass is 31.2. The van der Waals surface area contributed by atoms with Gasteiger partial charge in [-0.15, -0.1) is 0 Å². The molecule has 4 aromatic carbocycles. The van der Waals surface area contributed by atoms with E-state index in [2.05, 4.69) is 13.5 Å². The van der Waals surface area contributed by atoms with E-state index < -0.39 is 40.7 Å². The van der Waals surface area contributed by atoms with E-state index in [0.717, 1.165) is 41.5 Å². The van der Waals surface area contributed by atoms with Crippen molar-refractivity contribution in [3.05, 3.63) is 125 Å². The molecule has 2 unspecified atom stereocenters. The quantitative estimate of drug-likeness (QED) is 0.0372. The Morgan fingerprint density at radius 3 is 1.58 bits per heavy atom. The Hall–Kier alpha value is -4.46. The second kappa shape index (κ2) is 19.6. The Kier molecular flexibility index (Phi) is 15.2. The van der Waals surface area contributed by atoms with Crippen molar-refractivity contribution in [3.63, 3.8) is 0 Å². The molecule has 0 amide bonds. The van der Waals surface area contributed by atoms with Crippen LogP contribution in [0.4, 0.5) is 0 Å². The second-order valence-corrected chi connectivity index (χ2v) is 16.7. The molecular weight excluding hydrogens is 714 g/mol. The molecule has 0 saturated heterocycles. The third-order valence-corrected chi connectivity index (χ3v) is 11.5. The number of aryl methyl sites for hydroxylation is 2. The highest BCUT2D eigenvalue weighted by Crippen LogP contribution is 2.58. The number of benzene rings is 4. The lowest BCUT2D eigenvalue weighted by Gasteiger charge is -2.26. The van der Waals surface area contributed by atoms with Crippen LogP contribution in [-0.2, 0) is 56.0 Å². The van der Waals surface area contributed by atoms with Crippen LogP contribution in [0.3, 0.4) is 0 Å². The van der Waals surface area contributed by atoms with E-state index in [1.165, 1.54) is 13.8 Å². The van der Waals surface area contributed by atoms with Crippen LogP contribution in [0.2, 0.25) is 0 Å². The molecule has 10 nitrogen and oxygen atoms in total. The monoisotopic (exact) mass is 762 g/mol. The van der Waals surface area contributed by atoms with Crippen molar-refractivity contribution in [2.24, 2.45) is 0 Å². The van der Waals surface area contributed by atoms with Gasteiger partial charge >= 0.3 is 27.1 Å². The molecule has 0 aliphatic heterocycles. The standard InChI is InChI=1S/C41H48O10P2/c1-7-8-11-20-36-24-39(50-52(44,48-28-46-32(5)42)26-34-16-12-9-13-17-34)41(38-23-31(4)21-22-37(38)30(2)3)40(25-36)51-53(45,49-29-47-33(6)43)27-35-18-14-10-15-19-35/h9-10,12-19,21-25H,2,7-8,11,20,26-29H2,1,3-6H3. The van der Waals surface area contributed by atoms with E-state index in [9.17, 15) is 18.7 Å². The Balaban J connectivity index is 1.98. The van der Waals surface area contributed by atoms with Crippen LogP contribution in [-0.4, -0.2) is 25.5 Å². The van der Waals surface area contributed by atoms with Crippen LogP contribution in [0.1, 0.15) is 74.8 Å². The smallest absolute Gasteiger partial charge is 0.386 e. The third-order valence-electron chi connectivity index (χ3n) is 8.04. The summed E-state index contributed by atoms with van der Waals surface area (Å²) in [6, 6.07) is 27.4. The molecule has 0 aromatic heterocycles. The molecule has 0 N–H and O–H groups in total. The molecule has 12 heteroatoms. The molecule has 282 valence electrons. The minimum atomic E-state index is -4.14. The number of allylic oxidation sites excluding steroid dienone is 1. The van der Waals surface area contributed by atoms with Gasteiger partial charge in [0.2, 0.25) is 13.6 Å². The Morgan fingerprint density at radius 1 is 0.660 bits per heavy atom. The van der Waals surface area contributed by atoms with Gasteiger partial charge in [-0.2, -0.15) is 0 Å². The molecule has 4 aromatic rings. The maximum atomic E-state index is 14.8. The molecule has 4 rings (SSSR count). The molecular formula is C41H48O10P2. The fourth-order valence-electron chi connectivity index (χ4n) is 5.52. The van der Waals surface area contributed by atoms with Gasteiger partial charge in [-0.05, 0) is 66.6 Å². The van der Waals surface area contributed by atoms with Crippen LogP contribution < -0.4 is 9.05 Å². The number of rotatable bonds is 20. The number of hydrogen-bond donors (Lipinski definition) is 0. The summed E-state index contributed by atoms with van der Waals surface area (Å²) in [5.41, 5.74) is 5.39. The van der Waals surface area contributed by atoms with Gasteiger partial charge in [0.1, 0.15) is 11.5 Å². The van der Waals surface area contributed by atoms with Crippen molar-refractivity contribution in [2.45, 2.75) is 72.6 Å². The summed E-state index contributed by atoms with van der Waals surface area (Å²) in [5.74, 6) is -0.954. The molecule has 0 spiro atoms. The zero-order valence-corrected chi connectivity index (χ0v) is 32.8. The summed E-state index contributed by atoms with van der Waals surface area (Å²) < 4.78 is 64.3. The van der Waals surface area contributed by atoms with E-state index in [1.54, 1.807) is 36.4 Å². The third kappa shape index (κ3) is 12.9. The summed E-state index contributed by atoms with van der Waals surface area (Å²) >= 11 is 0. The van der Waals surface area contributed by atoms with E-state index in [1.807, 2.05) is 68.4 Å². The summed E-state index contributed by atoms with van der Waals surface area (Å²) in [7, 11) is -8.27. The van der Waals surface area contributed by atoms with Crippen molar-refractivity contribution in [1.29, 1.82) is 0 Å². The molecule has 0 heterocycles. The largest absolute Gasteiger partial charge is 0.438 e. The number of unbranched alkanes of at least 4 members (excludes halogenated alkanes) is 2. The van der Waals surface area contributed by atoms with E-state index >= 15 is 0 Å². The minimum absolute atomic E-state index is 0.135. The first-order chi connectivity index (χ1) is 25.3. The van der Waals surface area contributed by atoms with E-state index in [-0.39, 0.29) is 23.8 Å². The Bertz CT molecular complexity index is 1860. The fourth-order valence-corrected chi connectivity index (χ4v) is 8.56. The molecule has 2 atom stereocenters. The van der Waals surface area contributed by atoms with Crippen molar-refractivity contribution >= 4 is 32.7 Å². The zero-order valence-electron chi connectivity index (χ0n) is 31.0. The predicted octanol–water partition coefficient (Wildman–Crippen LogP) is 11.0.